The number of ketones is 3. The average Bonchev–Trinajstić information content (AvgIpc) is 3.10. The van der Waals surface area contributed by atoms with Gasteiger partial charge >= 0.3 is 0 Å². The van der Waals surface area contributed by atoms with Crippen molar-refractivity contribution in [2.24, 2.45) is 0 Å². The molecule has 0 aromatic carbocycles. The molecule has 0 aromatic rings. The van der Waals surface area contributed by atoms with Crippen LogP contribution in [0.5, 0.6) is 0 Å². The molecule has 0 aromatic heterocycles. The summed E-state index contributed by atoms with van der Waals surface area (Å²) in [5.41, 5.74) is -2.79. The van der Waals surface area contributed by atoms with E-state index in [0.29, 0.717) is 19.3 Å². The molecule has 0 bridgehead atoms. The van der Waals surface area contributed by atoms with E-state index >= 15 is 0 Å². The van der Waals surface area contributed by atoms with E-state index in [9.17, 15) is 29.7 Å². The molecule has 3 unspecified atom stereocenters. The molecule has 6 heteroatoms. The van der Waals surface area contributed by atoms with Gasteiger partial charge in [-0.05, 0) is 44.9 Å². The van der Waals surface area contributed by atoms with Crippen molar-refractivity contribution in [3.8, 4) is 0 Å². The number of unbranched alkanes of at least 4 members (excludes halogenated alkanes) is 25. The Kier molecular flexibility index (Phi) is 32.8. The minimum absolute atomic E-state index is 0.00254. The highest BCUT2D eigenvalue weighted by molar-refractivity contribution is 6.01. The lowest BCUT2D eigenvalue weighted by Crippen LogP contribution is -2.63. The number of carbonyl (C=O) groups excluding carboxylic acids is 3. The number of allylic oxidation sites excluding steroid dienone is 2. The molecule has 3 atom stereocenters. The first-order valence-electron chi connectivity index (χ1n) is 21.1. The summed E-state index contributed by atoms with van der Waals surface area (Å²) in [5.74, 6) is -2.22. The fraction of sp³-hybridized carbons (Fsp3) is 0.884. The largest absolute Gasteiger partial charge is 0.382 e. The lowest BCUT2D eigenvalue weighted by Gasteiger charge is -2.34. The van der Waals surface area contributed by atoms with Crippen molar-refractivity contribution in [3.63, 3.8) is 0 Å². The molecule has 288 valence electrons. The fourth-order valence-corrected chi connectivity index (χ4v) is 6.69. The molecule has 0 spiro atoms. The van der Waals surface area contributed by atoms with E-state index in [1.165, 1.54) is 109 Å². The molecule has 6 nitrogen and oxygen atoms in total. The van der Waals surface area contributed by atoms with E-state index in [-0.39, 0.29) is 19.3 Å². The molecule has 0 rings (SSSR count). The van der Waals surface area contributed by atoms with Crippen LogP contribution in [0.2, 0.25) is 0 Å². The van der Waals surface area contributed by atoms with Gasteiger partial charge in [0.05, 0.1) is 0 Å². The van der Waals surface area contributed by atoms with E-state index in [2.05, 4.69) is 26.0 Å². The van der Waals surface area contributed by atoms with Gasteiger partial charge in [0.2, 0.25) is 0 Å². The molecule has 0 aliphatic carbocycles. The zero-order valence-corrected chi connectivity index (χ0v) is 32.5. The molecule has 0 saturated heterocycles. The third-order valence-electron chi connectivity index (χ3n) is 10.1. The van der Waals surface area contributed by atoms with Crippen molar-refractivity contribution in [1.29, 1.82) is 0 Å². The van der Waals surface area contributed by atoms with Gasteiger partial charge in [-0.2, -0.15) is 0 Å². The van der Waals surface area contributed by atoms with Crippen molar-refractivity contribution >= 4 is 17.3 Å². The minimum Gasteiger partial charge on any atom is -0.382 e. The highest BCUT2D eigenvalue weighted by atomic mass is 16.4. The van der Waals surface area contributed by atoms with Crippen LogP contribution in [-0.4, -0.2) is 50.5 Å². The summed E-state index contributed by atoms with van der Waals surface area (Å²) in [6.07, 6.45) is 33.0. The molecule has 0 radical (unpaired) electrons. The van der Waals surface area contributed by atoms with E-state index in [4.69, 9.17) is 0 Å². The van der Waals surface area contributed by atoms with Crippen LogP contribution in [0.3, 0.4) is 0 Å². The number of hydrogen-bond donors (Lipinski definition) is 3. The second-order valence-corrected chi connectivity index (χ2v) is 14.8. The van der Waals surface area contributed by atoms with Gasteiger partial charge in [-0.1, -0.05) is 174 Å². The summed E-state index contributed by atoms with van der Waals surface area (Å²) in [6.45, 7) is 6.25. The molecule has 0 saturated carbocycles. The van der Waals surface area contributed by atoms with Gasteiger partial charge in [0.1, 0.15) is 0 Å². The zero-order valence-electron chi connectivity index (χ0n) is 32.5. The van der Waals surface area contributed by atoms with E-state index < -0.39 is 35.2 Å². The Labute approximate surface area is 302 Å². The van der Waals surface area contributed by atoms with Crippen LogP contribution >= 0.6 is 0 Å². The van der Waals surface area contributed by atoms with Gasteiger partial charge in [0.25, 0.3) is 0 Å². The first-order chi connectivity index (χ1) is 23.8. The summed E-state index contributed by atoms with van der Waals surface area (Å²) in [6, 6.07) is 0. The van der Waals surface area contributed by atoms with Gasteiger partial charge in [0, 0.05) is 19.3 Å². The van der Waals surface area contributed by atoms with Gasteiger partial charge in [-0.15, -0.1) is 0 Å². The highest BCUT2D eigenvalue weighted by Gasteiger charge is 2.53. The number of hydrogen-bond acceptors (Lipinski definition) is 6. The van der Waals surface area contributed by atoms with Crippen molar-refractivity contribution in [2.45, 2.75) is 244 Å². The smallest absolute Gasteiger partial charge is 0.189 e. The topological polar surface area (TPSA) is 112 Å². The Morgan fingerprint density at radius 2 is 0.735 bits per heavy atom. The molecular weight excluding hydrogens is 612 g/mol. The second-order valence-electron chi connectivity index (χ2n) is 14.8. The molecule has 0 fully saturated rings. The Hall–Kier alpha value is -1.37. The van der Waals surface area contributed by atoms with Gasteiger partial charge in [0.15, 0.2) is 35.2 Å². The SMILES string of the molecule is CCCCCCCC/C=C\CCCCCCCC(=O)C(O)C(O)(C(=O)CCCCCCCCCCCCCCCCC)C(O)C(=O)CCC. The fourth-order valence-electron chi connectivity index (χ4n) is 6.69. The van der Waals surface area contributed by atoms with Crippen LogP contribution in [0.25, 0.3) is 0 Å². The van der Waals surface area contributed by atoms with Gasteiger partial charge in [-0.25, -0.2) is 0 Å². The van der Waals surface area contributed by atoms with Crippen LogP contribution in [0.4, 0.5) is 0 Å². The summed E-state index contributed by atoms with van der Waals surface area (Å²) in [5, 5.41) is 33.0. The lowest BCUT2D eigenvalue weighted by atomic mass is 9.78. The van der Waals surface area contributed by atoms with Crippen LogP contribution in [0.15, 0.2) is 12.2 Å². The summed E-state index contributed by atoms with van der Waals surface area (Å²) >= 11 is 0. The molecule has 49 heavy (non-hydrogen) atoms. The van der Waals surface area contributed by atoms with Crippen molar-refractivity contribution in [3.05, 3.63) is 12.2 Å². The van der Waals surface area contributed by atoms with Crippen LogP contribution in [0, 0.1) is 0 Å². The Bertz CT molecular complexity index is 823. The summed E-state index contributed by atoms with van der Waals surface area (Å²) < 4.78 is 0. The first kappa shape index (κ1) is 47.6. The zero-order chi connectivity index (χ0) is 36.4. The molecule has 0 aliphatic rings. The van der Waals surface area contributed by atoms with Crippen LogP contribution in [0.1, 0.15) is 226 Å². The normalized spacial score (nSPS) is 14.2. The average molecular weight is 693 g/mol. The van der Waals surface area contributed by atoms with Crippen molar-refractivity contribution < 1.29 is 29.7 Å². The van der Waals surface area contributed by atoms with Gasteiger partial charge < -0.3 is 15.3 Å². The molecule has 3 N–H and O–H groups in total. The maximum Gasteiger partial charge on any atom is 0.189 e. The van der Waals surface area contributed by atoms with Crippen LogP contribution < -0.4 is 0 Å². The molecule has 0 aliphatic heterocycles. The minimum atomic E-state index is -2.79. The number of Topliss-reactive ketones (excluding diaryl/α,β-unsaturated/α-hetero) is 3. The monoisotopic (exact) mass is 693 g/mol. The second kappa shape index (κ2) is 33.8. The first-order valence-corrected chi connectivity index (χ1v) is 21.1. The third-order valence-corrected chi connectivity index (χ3v) is 10.1. The number of carbonyl (C=O) groups is 3. The number of aliphatic hydroxyl groups is 3. The summed E-state index contributed by atoms with van der Waals surface area (Å²) in [4.78, 5) is 38.7. The predicted molar refractivity (Wildman–Crippen MR) is 206 cm³/mol. The van der Waals surface area contributed by atoms with Crippen molar-refractivity contribution in [1.82, 2.24) is 0 Å². The highest BCUT2D eigenvalue weighted by Crippen LogP contribution is 2.26. The lowest BCUT2D eigenvalue weighted by molar-refractivity contribution is -0.181. The van der Waals surface area contributed by atoms with Crippen molar-refractivity contribution in [2.75, 3.05) is 0 Å². The quantitative estimate of drug-likeness (QED) is 0.0438. The Morgan fingerprint density at radius 1 is 0.429 bits per heavy atom. The van der Waals surface area contributed by atoms with Gasteiger partial charge in [-0.3, -0.25) is 14.4 Å². The van der Waals surface area contributed by atoms with Crippen LogP contribution in [-0.2, 0) is 14.4 Å². The number of aliphatic hydroxyl groups excluding tert-OH is 2. The molecular formula is C43H80O6. The Morgan fingerprint density at radius 3 is 1.10 bits per heavy atom. The standard InChI is InChI=1S/C43H80O6/c1-4-7-9-11-13-15-17-19-21-23-25-27-29-31-33-36-39(45)42(48)43(49,41(47)38(44)35-6-3)40(46)37-34-32-30-28-26-24-22-20-18-16-14-12-10-8-5-2/h19,21,41-42,47-49H,4-18,20,22-37H2,1-3H3/b21-19-. The molecule has 0 amide bonds. The Balaban J connectivity index is 4.40. The third kappa shape index (κ3) is 24.5. The summed E-state index contributed by atoms with van der Waals surface area (Å²) in [7, 11) is 0. The molecule has 0 heterocycles. The van der Waals surface area contributed by atoms with E-state index in [1.807, 2.05) is 0 Å². The predicted octanol–water partition coefficient (Wildman–Crippen LogP) is 11.2. The van der Waals surface area contributed by atoms with E-state index in [1.54, 1.807) is 6.92 Å². The number of rotatable bonds is 38. The maximum atomic E-state index is 13.2. The van der Waals surface area contributed by atoms with E-state index in [0.717, 1.165) is 57.8 Å². The maximum absolute atomic E-state index is 13.2.